The first-order valence-electron chi connectivity index (χ1n) is 5.96. The number of aromatic nitrogens is 2. The van der Waals surface area contributed by atoms with Gasteiger partial charge in [-0.2, -0.15) is 4.31 Å². The molecule has 0 fully saturated rings. The Morgan fingerprint density at radius 2 is 2.29 bits per heavy atom. The second kappa shape index (κ2) is 5.94. The normalized spacial score (nSPS) is 12.8. The van der Waals surface area contributed by atoms with Gasteiger partial charge in [0.2, 0.25) is 0 Å². The first-order chi connectivity index (χ1) is 9.95. The number of benzene rings is 1. The fraction of sp³-hybridized carbons (Fsp3) is 0.167. The molecule has 0 aliphatic carbocycles. The zero-order chi connectivity index (χ0) is 15.5. The third-order valence-corrected chi connectivity index (χ3v) is 4.63. The van der Waals surface area contributed by atoms with Crippen molar-refractivity contribution in [2.24, 2.45) is 10.9 Å². The minimum atomic E-state index is -3.63. The summed E-state index contributed by atoms with van der Waals surface area (Å²) in [6.45, 7) is 0.147. The van der Waals surface area contributed by atoms with Crippen molar-refractivity contribution in [1.82, 2.24) is 14.3 Å². The zero-order valence-electron chi connectivity index (χ0n) is 11.3. The Labute approximate surface area is 122 Å². The van der Waals surface area contributed by atoms with Crippen LogP contribution < -0.4 is 5.73 Å². The maximum absolute atomic E-state index is 12.2. The van der Waals surface area contributed by atoms with Crippen molar-refractivity contribution in [3.63, 3.8) is 0 Å². The van der Waals surface area contributed by atoms with Gasteiger partial charge in [0.05, 0.1) is 12.5 Å². The lowest BCUT2D eigenvalue weighted by molar-refractivity contribution is 0.318. The Kier molecular flexibility index (Phi) is 4.24. The Morgan fingerprint density at radius 3 is 2.90 bits per heavy atom. The minimum absolute atomic E-state index is 0.0255. The molecule has 112 valence electrons. The number of rotatable bonds is 5. The van der Waals surface area contributed by atoms with E-state index in [2.05, 4.69) is 15.1 Å². The summed E-state index contributed by atoms with van der Waals surface area (Å²) in [7, 11) is -2.16. The fourth-order valence-corrected chi connectivity index (χ4v) is 2.83. The van der Waals surface area contributed by atoms with Gasteiger partial charge in [-0.1, -0.05) is 23.4 Å². The first kappa shape index (κ1) is 15.0. The highest BCUT2D eigenvalue weighted by molar-refractivity contribution is 7.89. The molecule has 0 aliphatic heterocycles. The van der Waals surface area contributed by atoms with E-state index in [0.717, 1.165) is 0 Å². The number of oxime groups is 1. The molecule has 0 radical (unpaired) electrons. The van der Waals surface area contributed by atoms with Crippen molar-refractivity contribution in [3.05, 3.63) is 47.9 Å². The van der Waals surface area contributed by atoms with Crippen molar-refractivity contribution in [2.45, 2.75) is 11.6 Å². The number of hydrogen-bond acceptors (Lipinski definition) is 5. The summed E-state index contributed by atoms with van der Waals surface area (Å²) < 4.78 is 25.7. The molecule has 9 heteroatoms. The molecule has 1 aromatic carbocycles. The lowest BCUT2D eigenvalue weighted by atomic mass is 10.1. The van der Waals surface area contributed by atoms with Gasteiger partial charge in [0, 0.05) is 19.2 Å². The lowest BCUT2D eigenvalue weighted by Gasteiger charge is -2.16. The molecule has 4 N–H and O–H groups in total. The number of sulfonamides is 1. The zero-order valence-corrected chi connectivity index (χ0v) is 12.1. The van der Waals surface area contributed by atoms with Crippen LogP contribution in [-0.4, -0.2) is 40.8 Å². The van der Waals surface area contributed by atoms with Crippen molar-refractivity contribution >= 4 is 15.9 Å². The molecular weight excluding hydrogens is 294 g/mol. The predicted molar refractivity (Wildman–Crippen MR) is 76.2 cm³/mol. The van der Waals surface area contributed by atoms with Crippen LogP contribution in [0.25, 0.3) is 0 Å². The summed E-state index contributed by atoms with van der Waals surface area (Å²) in [6, 6.07) is 6.79. The number of hydrogen-bond donors (Lipinski definition) is 3. The van der Waals surface area contributed by atoms with E-state index < -0.39 is 10.0 Å². The van der Waals surface area contributed by atoms with Crippen LogP contribution in [-0.2, 0) is 16.6 Å². The molecule has 1 aromatic heterocycles. The maximum Gasteiger partial charge on any atom is 0.260 e. The van der Waals surface area contributed by atoms with Crippen LogP contribution in [0, 0.1) is 0 Å². The highest BCUT2D eigenvalue weighted by atomic mass is 32.2. The van der Waals surface area contributed by atoms with E-state index in [9.17, 15) is 8.42 Å². The summed E-state index contributed by atoms with van der Waals surface area (Å²) in [5.74, 6) is -0.0315. The van der Waals surface area contributed by atoms with Crippen molar-refractivity contribution in [3.8, 4) is 0 Å². The quantitative estimate of drug-likeness (QED) is 0.317. The number of nitrogens with zero attached hydrogens (tertiary/aromatic N) is 3. The maximum atomic E-state index is 12.2. The highest BCUT2D eigenvalue weighted by Gasteiger charge is 2.22. The Hall–Kier alpha value is -2.39. The third-order valence-electron chi connectivity index (χ3n) is 2.90. The summed E-state index contributed by atoms with van der Waals surface area (Å²) in [4.78, 5) is 6.27. The number of amidine groups is 1. The van der Waals surface area contributed by atoms with Crippen LogP contribution in [0.1, 0.15) is 11.1 Å². The molecule has 0 saturated heterocycles. The molecule has 1 heterocycles. The van der Waals surface area contributed by atoms with E-state index in [1.165, 1.54) is 23.9 Å². The highest BCUT2D eigenvalue weighted by Crippen LogP contribution is 2.14. The molecule has 2 rings (SSSR count). The minimum Gasteiger partial charge on any atom is -0.409 e. The van der Waals surface area contributed by atoms with E-state index in [4.69, 9.17) is 10.9 Å². The molecule has 0 saturated carbocycles. The number of aromatic amines is 1. The van der Waals surface area contributed by atoms with Crippen LogP contribution in [0.3, 0.4) is 0 Å². The average Bonchev–Trinajstić information content (AvgIpc) is 3.01. The van der Waals surface area contributed by atoms with Gasteiger partial charge in [0.1, 0.15) is 0 Å². The van der Waals surface area contributed by atoms with Crippen LogP contribution >= 0.6 is 0 Å². The van der Waals surface area contributed by atoms with Gasteiger partial charge in [-0.15, -0.1) is 0 Å². The standard InChI is InChI=1S/C12H15N5O3S/c1-17(21(19,20)11-6-14-8-15-11)7-9-3-2-4-10(5-9)12(13)16-18/h2-6,8,18H,7H2,1H3,(H2,13,16)(H,14,15). The van der Waals surface area contributed by atoms with Crippen LogP contribution in [0.5, 0.6) is 0 Å². The molecule has 0 aliphatic rings. The SMILES string of the molecule is CN(Cc1cccc(C(N)=NO)c1)S(=O)(=O)c1cnc[nH]1. The van der Waals surface area contributed by atoms with E-state index in [1.54, 1.807) is 24.3 Å². The number of nitrogens with two attached hydrogens (primary N) is 1. The molecule has 2 aromatic rings. The second-order valence-electron chi connectivity index (χ2n) is 4.36. The fourth-order valence-electron chi connectivity index (χ4n) is 1.78. The molecular formula is C12H15N5O3S. The second-order valence-corrected chi connectivity index (χ2v) is 6.38. The third kappa shape index (κ3) is 3.20. The molecule has 8 nitrogen and oxygen atoms in total. The van der Waals surface area contributed by atoms with Gasteiger partial charge in [0.15, 0.2) is 10.9 Å². The summed E-state index contributed by atoms with van der Waals surface area (Å²) in [5, 5.41) is 11.6. The van der Waals surface area contributed by atoms with Crippen LogP contribution in [0.15, 0.2) is 47.0 Å². The topological polar surface area (TPSA) is 125 Å². The van der Waals surface area contributed by atoms with Gasteiger partial charge in [-0.05, 0) is 11.6 Å². The van der Waals surface area contributed by atoms with E-state index in [-0.39, 0.29) is 17.4 Å². The molecule has 0 atom stereocenters. The predicted octanol–water partition coefficient (Wildman–Crippen LogP) is 0.325. The molecule has 0 unspecified atom stereocenters. The Bertz CT molecular complexity index is 740. The largest absolute Gasteiger partial charge is 0.409 e. The van der Waals surface area contributed by atoms with Crippen LogP contribution in [0.4, 0.5) is 0 Å². The average molecular weight is 309 g/mol. The number of H-pyrrole nitrogens is 1. The monoisotopic (exact) mass is 309 g/mol. The van der Waals surface area contributed by atoms with Crippen molar-refractivity contribution < 1.29 is 13.6 Å². The molecule has 0 amide bonds. The van der Waals surface area contributed by atoms with Crippen molar-refractivity contribution in [1.29, 1.82) is 0 Å². The van der Waals surface area contributed by atoms with Gasteiger partial charge in [-0.3, -0.25) is 0 Å². The molecule has 21 heavy (non-hydrogen) atoms. The Morgan fingerprint density at radius 1 is 1.52 bits per heavy atom. The van der Waals surface area contributed by atoms with Crippen molar-refractivity contribution in [2.75, 3.05) is 7.05 Å². The molecule has 0 bridgehead atoms. The van der Waals surface area contributed by atoms with Gasteiger partial charge in [-0.25, -0.2) is 13.4 Å². The summed E-state index contributed by atoms with van der Waals surface area (Å²) in [6.07, 6.45) is 2.55. The smallest absolute Gasteiger partial charge is 0.260 e. The lowest BCUT2D eigenvalue weighted by Crippen LogP contribution is -2.27. The van der Waals surface area contributed by atoms with E-state index >= 15 is 0 Å². The number of nitrogens with one attached hydrogen (secondary N) is 1. The summed E-state index contributed by atoms with van der Waals surface area (Å²) in [5.41, 5.74) is 6.74. The van der Waals surface area contributed by atoms with Gasteiger partial charge >= 0.3 is 0 Å². The van der Waals surface area contributed by atoms with E-state index in [0.29, 0.717) is 11.1 Å². The van der Waals surface area contributed by atoms with Gasteiger partial charge in [0.25, 0.3) is 10.0 Å². The number of imidazole rings is 1. The summed E-state index contributed by atoms with van der Waals surface area (Å²) >= 11 is 0. The molecule has 0 spiro atoms. The first-order valence-corrected chi connectivity index (χ1v) is 7.40. The van der Waals surface area contributed by atoms with E-state index in [1.807, 2.05) is 0 Å². The van der Waals surface area contributed by atoms with Crippen LogP contribution in [0.2, 0.25) is 0 Å². The Balaban J connectivity index is 2.22. The van der Waals surface area contributed by atoms with Gasteiger partial charge < -0.3 is 15.9 Å².